The van der Waals surface area contributed by atoms with E-state index in [9.17, 15) is 23.1 Å². The van der Waals surface area contributed by atoms with Gasteiger partial charge in [0.05, 0.1) is 23.9 Å². The van der Waals surface area contributed by atoms with E-state index in [4.69, 9.17) is 0 Å². The summed E-state index contributed by atoms with van der Waals surface area (Å²) in [6.45, 7) is 0.0466. The number of hydrogen-bond donors (Lipinski definition) is 1. The van der Waals surface area contributed by atoms with Crippen molar-refractivity contribution in [3.8, 4) is 0 Å². The van der Waals surface area contributed by atoms with E-state index in [2.05, 4.69) is 10.3 Å². The summed E-state index contributed by atoms with van der Waals surface area (Å²) in [5.74, 6) is -0.429. The zero-order valence-electron chi connectivity index (χ0n) is 12.7. The third-order valence-corrected chi connectivity index (χ3v) is 4.07. The molecule has 1 aliphatic heterocycles. The molecule has 1 N–H and O–H groups in total. The summed E-state index contributed by atoms with van der Waals surface area (Å²) in [7, 11) is 1.55. The van der Waals surface area contributed by atoms with E-state index in [1.807, 2.05) is 0 Å². The molecule has 1 aromatic heterocycles. The van der Waals surface area contributed by atoms with Gasteiger partial charge in [-0.25, -0.2) is 4.68 Å². The number of amides is 1. The highest BCUT2D eigenvalue weighted by Crippen LogP contribution is 2.36. The maximum Gasteiger partial charge on any atom is 0.416 e. The average molecular weight is 340 g/mol. The fourth-order valence-corrected chi connectivity index (χ4v) is 2.91. The molecular weight excluding hydrogens is 325 g/mol. The number of β-amino-alcohol motifs (C(OH)–C–C–N with tert-alkyl or cyclic N) is 1. The quantitative estimate of drug-likeness (QED) is 0.905. The summed E-state index contributed by atoms with van der Waals surface area (Å²) in [6.07, 6.45) is -3.79. The molecule has 0 spiro atoms. The van der Waals surface area contributed by atoms with Crippen molar-refractivity contribution in [1.82, 2.24) is 19.9 Å². The molecule has 9 heteroatoms. The zero-order chi connectivity index (χ0) is 17.5. The minimum absolute atomic E-state index is 0.0466. The summed E-state index contributed by atoms with van der Waals surface area (Å²) >= 11 is 0. The lowest BCUT2D eigenvalue weighted by molar-refractivity contribution is -0.137. The predicted octanol–water partition coefficient (Wildman–Crippen LogP) is 1.78. The maximum absolute atomic E-state index is 12.9. The van der Waals surface area contributed by atoms with Gasteiger partial charge in [-0.15, -0.1) is 5.10 Å². The Balaban J connectivity index is 1.94. The molecule has 2 atom stereocenters. The van der Waals surface area contributed by atoms with Gasteiger partial charge in [0.2, 0.25) is 0 Å². The zero-order valence-corrected chi connectivity index (χ0v) is 12.7. The largest absolute Gasteiger partial charge is 0.416 e. The molecule has 3 rings (SSSR count). The highest BCUT2D eigenvalue weighted by Gasteiger charge is 2.38. The predicted molar refractivity (Wildman–Crippen MR) is 76.8 cm³/mol. The van der Waals surface area contributed by atoms with Gasteiger partial charge in [-0.2, -0.15) is 13.2 Å². The number of carbonyl (C=O) groups is 1. The molecular formula is C15H15F3N4O2. The number of hydrogen-bond acceptors (Lipinski definition) is 4. The number of likely N-dealkylation sites (tertiary alicyclic amines) is 1. The minimum Gasteiger partial charge on any atom is -0.391 e. The third-order valence-electron chi connectivity index (χ3n) is 4.07. The van der Waals surface area contributed by atoms with Gasteiger partial charge in [0, 0.05) is 13.6 Å². The van der Waals surface area contributed by atoms with Crippen LogP contribution in [0.25, 0.3) is 0 Å². The van der Waals surface area contributed by atoms with Crippen LogP contribution in [-0.2, 0) is 13.2 Å². The molecule has 2 heterocycles. The van der Waals surface area contributed by atoms with Crippen LogP contribution in [0.1, 0.15) is 34.1 Å². The van der Waals surface area contributed by atoms with Gasteiger partial charge in [0.15, 0.2) is 0 Å². The van der Waals surface area contributed by atoms with Gasteiger partial charge in [0.25, 0.3) is 5.91 Å². The maximum atomic E-state index is 12.9. The van der Waals surface area contributed by atoms with Crippen molar-refractivity contribution >= 4 is 5.91 Å². The highest BCUT2D eigenvalue weighted by molar-refractivity contribution is 5.92. The first kappa shape index (κ1) is 16.4. The van der Waals surface area contributed by atoms with Crippen molar-refractivity contribution in [2.24, 2.45) is 7.05 Å². The molecule has 0 aliphatic carbocycles. The van der Waals surface area contributed by atoms with E-state index in [0.717, 1.165) is 12.1 Å². The van der Waals surface area contributed by atoms with E-state index < -0.39 is 29.8 Å². The van der Waals surface area contributed by atoms with Gasteiger partial charge in [-0.1, -0.05) is 17.3 Å². The second-order valence-corrected chi connectivity index (χ2v) is 5.73. The van der Waals surface area contributed by atoms with Crippen molar-refractivity contribution in [1.29, 1.82) is 0 Å². The van der Waals surface area contributed by atoms with Crippen LogP contribution in [0.4, 0.5) is 13.2 Å². The minimum atomic E-state index is -4.46. The molecule has 1 saturated heterocycles. The Kier molecular flexibility index (Phi) is 4.04. The van der Waals surface area contributed by atoms with Crippen molar-refractivity contribution in [3.63, 3.8) is 0 Å². The van der Waals surface area contributed by atoms with E-state index in [0.29, 0.717) is 5.56 Å². The van der Waals surface area contributed by atoms with E-state index in [1.165, 1.54) is 27.9 Å². The summed E-state index contributed by atoms with van der Waals surface area (Å²) < 4.78 is 40.0. The number of aliphatic hydroxyl groups excluding tert-OH is 1. The van der Waals surface area contributed by atoms with Crippen LogP contribution in [0.15, 0.2) is 30.5 Å². The number of rotatable bonds is 2. The first-order valence-corrected chi connectivity index (χ1v) is 7.28. The number of aliphatic hydroxyl groups is 1. The van der Waals surface area contributed by atoms with Gasteiger partial charge in [-0.05, 0) is 24.1 Å². The van der Waals surface area contributed by atoms with Crippen LogP contribution < -0.4 is 0 Å². The Morgan fingerprint density at radius 1 is 1.38 bits per heavy atom. The Bertz CT molecular complexity index is 759. The van der Waals surface area contributed by atoms with Crippen molar-refractivity contribution in [2.75, 3.05) is 6.54 Å². The monoisotopic (exact) mass is 340 g/mol. The lowest BCUT2D eigenvalue weighted by atomic mass is 10.0. The molecule has 0 unspecified atom stereocenters. The number of aromatic nitrogens is 3. The number of nitrogens with zero attached hydrogens (tertiary/aromatic N) is 4. The summed E-state index contributed by atoms with van der Waals surface area (Å²) in [5.41, 5.74) is -0.234. The molecule has 1 aliphatic rings. The number of aryl methyl sites for hydroxylation is 1. The van der Waals surface area contributed by atoms with Crippen LogP contribution in [-0.4, -0.2) is 43.6 Å². The molecule has 128 valence electrons. The molecule has 0 bridgehead atoms. The molecule has 1 aromatic carbocycles. The first-order chi connectivity index (χ1) is 11.3. The van der Waals surface area contributed by atoms with Gasteiger partial charge in [0.1, 0.15) is 5.69 Å². The van der Waals surface area contributed by atoms with Crippen molar-refractivity contribution in [3.05, 3.63) is 47.3 Å². The standard InChI is InChI=1S/C15H15F3N4O2/c1-21-13(7-19-20-21)14(24)22-8-11(23)6-12(22)9-3-2-4-10(5-9)15(16,17)18/h2-5,7,11-12,23H,6,8H2,1H3/t11-,12+/m1/s1. The van der Waals surface area contributed by atoms with Crippen LogP contribution >= 0.6 is 0 Å². The van der Waals surface area contributed by atoms with E-state index in [-0.39, 0.29) is 18.7 Å². The van der Waals surface area contributed by atoms with Crippen LogP contribution in [0.5, 0.6) is 0 Å². The normalized spacial score (nSPS) is 21.3. The Morgan fingerprint density at radius 2 is 2.12 bits per heavy atom. The van der Waals surface area contributed by atoms with Gasteiger partial charge in [-0.3, -0.25) is 4.79 Å². The molecule has 1 amide bonds. The topological polar surface area (TPSA) is 71.2 Å². The van der Waals surface area contributed by atoms with Crippen molar-refractivity contribution in [2.45, 2.75) is 24.7 Å². The second-order valence-electron chi connectivity index (χ2n) is 5.73. The Hall–Kier alpha value is -2.42. The average Bonchev–Trinajstić information content (AvgIpc) is 3.12. The van der Waals surface area contributed by atoms with Crippen LogP contribution in [0.3, 0.4) is 0 Å². The molecule has 24 heavy (non-hydrogen) atoms. The molecule has 0 radical (unpaired) electrons. The summed E-state index contributed by atoms with van der Waals surface area (Å²) in [5, 5.41) is 17.2. The first-order valence-electron chi connectivity index (χ1n) is 7.28. The van der Waals surface area contributed by atoms with Crippen molar-refractivity contribution < 1.29 is 23.1 Å². The van der Waals surface area contributed by atoms with Gasteiger partial charge >= 0.3 is 6.18 Å². The SMILES string of the molecule is Cn1nncc1C(=O)N1C[C@H](O)C[C@H]1c1cccc(C(F)(F)F)c1. The van der Waals surface area contributed by atoms with E-state index in [1.54, 1.807) is 7.05 Å². The smallest absolute Gasteiger partial charge is 0.391 e. The number of halogens is 3. The van der Waals surface area contributed by atoms with Crippen LogP contribution in [0.2, 0.25) is 0 Å². The van der Waals surface area contributed by atoms with E-state index >= 15 is 0 Å². The van der Waals surface area contributed by atoms with Gasteiger partial charge < -0.3 is 10.0 Å². The summed E-state index contributed by atoms with van der Waals surface area (Å²) in [6, 6.07) is 4.19. The third kappa shape index (κ3) is 2.99. The number of alkyl halides is 3. The highest BCUT2D eigenvalue weighted by atomic mass is 19.4. The molecule has 0 saturated carbocycles. The molecule has 2 aromatic rings. The lowest BCUT2D eigenvalue weighted by Crippen LogP contribution is -2.33. The lowest BCUT2D eigenvalue weighted by Gasteiger charge is -2.25. The fourth-order valence-electron chi connectivity index (χ4n) is 2.91. The number of carbonyl (C=O) groups excluding carboxylic acids is 1. The Labute approximate surface area is 135 Å². The van der Waals surface area contributed by atoms with Crippen LogP contribution in [0, 0.1) is 0 Å². The summed E-state index contributed by atoms with van der Waals surface area (Å²) in [4.78, 5) is 14.0. The molecule has 1 fully saturated rings. The number of benzene rings is 1. The second kappa shape index (κ2) is 5.90. The fraction of sp³-hybridized carbons (Fsp3) is 0.400. The molecule has 6 nitrogen and oxygen atoms in total. The Morgan fingerprint density at radius 3 is 2.75 bits per heavy atom.